The van der Waals surface area contributed by atoms with Crippen molar-refractivity contribution >= 4 is 6.41 Å². The minimum absolute atomic E-state index is 0.145. The van der Waals surface area contributed by atoms with Crippen LogP contribution in [0.1, 0.15) is 6.42 Å². The van der Waals surface area contributed by atoms with Crippen molar-refractivity contribution < 1.29 is 15.0 Å². The number of hydrazine groups is 1. The zero-order valence-corrected chi connectivity index (χ0v) is 10.5. The second kappa shape index (κ2) is 4.28. The van der Waals surface area contributed by atoms with E-state index in [1.807, 2.05) is 17.2 Å². The van der Waals surface area contributed by atoms with E-state index in [1.54, 1.807) is 5.01 Å². The monoisotopic (exact) mass is 260 g/mol. The third kappa shape index (κ3) is 1.69. The van der Waals surface area contributed by atoms with Crippen molar-refractivity contribution in [1.82, 2.24) is 10.0 Å². The molecule has 0 radical (unpaired) electrons. The number of aliphatic hydroxyl groups is 2. The third-order valence-electron chi connectivity index (χ3n) is 3.97. The van der Waals surface area contributed by atoms with E-state index in [4.69, 9.17) is 0 Å². The quantitative estimate of drug-likeness (QED) is 0.582. The Morgan fingerprint density at radius 2 is 2.16 bits per heavy atom. The van der Waals surface area contributed by atoms with Gasteiger partial charge in [0.05, 0.1) is 6.04 Å². The summed E-state index contributed by atoms with van der Waals surface area (Å²) in [5.41, 5.74) is 1.10. The Balaban J connectivity index is 2.00. The van der Waals surface area contributed by atoms with Gasteiger partial charge in [0, 0.05) is 24.6 Å². The first-order valence-electron chi connectivity index (χ1n) is 6.29. The summed E-state index contributed by atoms with van der Waals surface area (Å²) in [5, 5.41) is 23.5. The predicted octanol–water partition coefficient (Wildman–Crippen LogP) is 1.44. The topological polar surface area (TPSA) is 64.0 Å². The standard InChI is InChI=1S/C14H16N2O3/c1-9-4-5-11(14(19)13(9)18)12-10-3-2-6-15(7-10)16(12)8-17/h2-3,5,8,10,12,18-19H,1,4,6-7H2. The number of rotatable bonds is 2. The number of hydrogen-bond acceptors (Lipinski definition) is 4. The van der Waals surface area contributed by atoms with E-state index in [0.29, 0.717) is 24.1 Å². The minimum atomic E-state index is -0.244. The molecule has 2 bridgehead atoms. The van der Waals surface area contributed by atoms with Gasteiger partial charge in [-0.3, -0.25) is 9.80 Å². The van der Waals surface area contributed by atoms with Crippen molar-refractivity contribution in [2.24, 2.45) is 5.92 Å². The normalized spacial score (nSPS) is 33.7. The summed E-state index contributed by atoms with van der Waals surface area (Å²) >= 11 is 0. The molecule has 3 rings (SSSR count). The summed E-state index contributed by atoms with van der Waals surface area (Å²) in [4.78, 5) is 11.3. The summed E-state index contributed by atoms with van der Waals surface area (Å²) in [7, 11) is 0. The zero-order valence-electron chi connectivity index (χ0n) is 10.5. The number of aliphatic hydroxyl groups excluding tert-OH is 2. The molecule has 0 aromatic heterocycles. The lowest BCUT2D eigenvalue weighted by Gasteiger charge is -2.30. The summed E-state index contributed by atoms with van der Waals surface area (Å²) in [6.45, 7) is 5.15. The molecular formula is C14H16N2O3. The predicted molar refractivity (Wildman–Crippen MR) is 70.0 cm³/mol. The lowest BCUT2D eigenvalue weighted by Crippen LogP contribution is -2.41. The van der Waals surface area contributed by atoms with E-state index in [1.165, 1.54) is 0 Å². The van der Waals surface area contributed by atoms with Crippen LogP contribution in [0.25, 0.3) is 0 Å². The van der Waals surface area contributed by atoms with E-state index in [0.717, 1.165) is 13.0 Å². The maximum absolute atomic E-state index is 11.3. The lowest BCUT2D eigenvalue weighted by molar-refractivity contribution is -0.130. The van der Waals surface area contributed by atoms with Crippen molar-refractivity contribution in [2.75, 3.05) is 13.1 Å². The van der Waals surface area contributed by atoms with Crippen molar-refractivity contribution in [3.8, 4) is 0 Å². The Morgan fingerprint density at radius 1 is 1.37 bits per heavy atom. The molecule has 0 spiro atoms. The van der Waals surface area contributed by atoms with E-state index in [-0.39, 0.29) is 23.5 Å². The highest BCUT2D eigenvalue weighted by atomic mass is 16.3. The van der Waals surface area contributed by atoms with Crippen molar-refractivity contribution in [3.63, 3.8) is 0 Å². The molecule has 0 aromatic rings. The zero-order chi connectivity index (χ0) is 13.6. The van der Waals surface area contributed by atoms with Gasteiger partial charge in [-0.05, 0) is 12.0 Å². The largest absolute Gasteiger partial charge is 0.504 e. The van der Waals surface area contributed by atoms with Crippen LogP contribution in [0.15, 0.2) is 47.5 Å². The molecular weight excluding hydrogens is 244 g/mol. The van der Waals surface area contributed by atoms with Crippen molar-refractivity contribution in [3.05, 3.63) is 47.5 Å². The van der Waals surface area contributed by atoms with Crippen LogP contribution in [0, 0.1) is 5.92 Å². The molecule has 1 amide bonds. The van der Waals surface area contributed by atoms with Gasteiger partial charge in [0.15, 0.2) is 11.5 Å². The van der Waals surface area contributed by atoms with Gasteiger partial charge in [0.1, 0.15) is 0 Å². The van der Waals surface area contributed by atoms with Gasteiger partial charge in [-0.2, -0.15) is 0 Å². The van der Waals surface area contributed by atoms with Gasteiger partial charge < -0.3 is 10.2 Å². The van der Waals surface area contributed by atoms with E-state index < -0.39 is 0 Å². The van der Waals surface area contributed by atoms with Crippen LogP contribution in [0.4, 0.5) is 0 Å². The molecule has 2 heterocycles. The molecule has 1 saturated heterocycles. The molecule has 5 heteroatoms. The van der Waals surface area contributed by atoms with Crippen LogP contribution < -0.4 is 0 Å². The molecule has 5 nitrogen and oxygen atoms in total. The second-order valence-electron chi connectivity index (χ2n) is 5.06. The highest BCUT2D eigenvalue weighted by molar-refractivity contribution is 5.54. The van der Waals surface area contributed by atoms with Crippen LogP contribution in [0.2, 0.25) is 0 Å². The summed E-state index contributed by atoms with van der Waals surface area (Å²) in [6.07, 6.45) is 7.21. The fraction of sp³-hybridized carbons (Fsp3) is 0.357. The first kappa shape index (κ1) is 12.0. The molecule has 3 atom stereocenters. The average molecular weight is 260 g/mol. The molecule has 19 heavy (non-hydrogen) atoms. The van der Waals surface area contributed by atoms with Crippen molar-refractivity contribution in [1.29, 1.82) is 0 Å². The van der Waals surface area contributed by atoms with Gasteiger partial charge in [-0.1, -0.05) is 24.8 Å². The lowest BCUT2D eigenvalue weighted by atomic mass is 9.87. The number of amides is 1. The maximum atomic E-state index is 11.3. The molecule has 100 valence electrons. The SMILES string of the molecule is C=C1CC=C(C2C3C=CCN(C3)N2C=O)C(O)=C1O. The number of nitrogens with zero attached hydrogens (tertiary/aromatic N) is 2. The van der Waals surface area contributed by atoms with Gasteiger partial charge in [-0.15, -0.1) is 0 Å². The molecule has 3 unspecified atom stereocenters. The van der Waals surface area contributed by atoms with E-state index >= 15 is 0 Å². The molecule has 1 fully saturated rings. The average Bonchev–Trinajstić information content (AvgIpc) is 2.67. The fourth-order valence-corrected chi connectivity index (χ4v) is 3.00. The third-order valence-corrected chi connectivity index (χ3v) is 3.97. The highest BCUT2D eigenvalue weighted by Gasteiger charge is 2.43. The molecule has 0 aromatic carbocycles. The van der Waals surface area contributed by atoms with Gasteiger partial charge in [0.25, 0.3) is 0 Å². The highest BCUT2D eigenvalue weighted by Crippen LogP contribution is 2.37. The first-order valence-corrected chi connectivity index (χ1v) is 6.29. The number of fused-ring (bicyclic) bond motifs is 2. The number of allylic oxidation sites excluding steroid dienone is 2. The maximum Gasteiger partial charge on any atom is 0.224 e. The minimum Gasteiger partial charge on any atom is -0.504 e. The number of hydrogen-bond donors (Lipinski definition) is 2. The Morgan fingerprint density at radius 3 is 2.89 bits per heavy atom. The number of carbonyl (C=O) groups is 1. The first-order chi connectivity index (χ1) is 9.13. The van der Waals surface area contributed by atoms with E-state index in [2.05, 4.69) is 12.7 Å². The van der Waals surface area contributed by atoms with Gasteiger partial charge in [0.2, 0.25) is 6.41 Å². The van der Waals surface area contributed by atoms with Crippen LogP contribution in [-0.2, 0) is 4.79 Å². The summed E-state index contributed by atoms with van der Waals surface area (Å²) in [5.74, 6) is -0.175. The van der Waals surface area contributed by atoms with E-state index in [9.17, 15) is 15.0 Å². The van der Waals surface area contributed by atoms with Crippen LogP contribution in [0.5, 0.6) is 0 Å². The van der Waals surface area contributed by atoms with Crippen molar-refractivity contribution in [2.45, 2.75) is 12.5 Å². The molecule has 1 aliphatic carbocycles. The molecule has 3 aliphatic rings. The van der Waals surface area contributed by atoms with Crippen LogP contribution >= 0.6 is 0 Å². The Hall–Kier alpha value is -2.01. The Kier molecular flexibility index (Phi) is 2.71. The van der Waals surface area contributed by atoms with Crippen LogP contribution in [-0.4, -0.2) is 45.8 Å². The Labute approximate surface area is 111 Å². The van der Waals surface area contributed by atoms with Gasteiger partial charge >= 0.3 is 0 Å². The second-order valence-corrected chi connectivity index (χ2v) is 5.06. The summed E-state index contributed by atoms with van der Waals surface area (Å²) in [6, 6.07) is -0.244. The molecule has 0 saturated carbocycles. The van der Waals surface area contributed by atoms with Crippen LogP contribution in [0.3, 0.4) is 0 Å². The Bertz CT molecular complexity index is 533. The summed E-state index contributed by atoms with van der Waals surface area (Å²) < 4.78 is 0. The fourth-order valence-electron chi connectivity index (χ4n) is 3.00. The molecule has 2 N–H and O–H groups in total. The number of carbonyl (C=O) groups excluding carboxylic acids is 1. The smallest absolute Gasteiger partial charge is 0.224 e. The van der Waals surface area contributed by atoms with Gasteiger partial charge in [-0.25, -0.2) is 5.01 Å². The molecule has 2 aliphatic heterocycles.